The van der Waals surface area contributed by atoms with Crippen LogP contribution < -0.4 is 5.32 Å². The molecule has 2 N–H and O–H groups in total. The minimum Gasteiger partial charge on any atom is -0.453 e. The number of hydrogen-bond acceptors (Lipinski definition) is 4. The fourth-order valence-corrected chi connectivity index (χ4v) is 1.54. The van der Waals surface area contributed by atoms with Gasteiger partial charge >= 0.3 is 6.09 Å². The Kier molecular flexibility index (Phi) is 3.72. The number of hydrogen-bond donors (Lipinski definition) is 2. The summed E-state index contributed by atoms with van der Waals surface area (Å²) in [6, 6.07) is 1.81. The molecule has 4 nitrogen and oxygen atoms in total. The molecule has 0 saturated heterocycles. The van der Waals surface area contributed by atoms with E-state index in [9.17, 15) is 9.90 Å². The predicted molar refractivity (Wildman–Crippen MR) is 49.7 cm³/mol. The number of rotatable bonds is 3. The second kappa shape index (κ2) is 4.84. The summed E-state index contributed by atoms with van der Waals surface area (Å²) in [5.74, 6) is 0. The number of aliphatic hydroxyl groups is 1. The van der Waals surface area contributed by atoms with Crippen LogP contribution in [0.4, 0.5) is 4.79 Å². The van der Waals surface area contributed by atoms with Crippen molar-refractivity contribution in [3.8, 4) is 0 Å². The minimum absolute atomic E-state index is 0.170. The highest BCUT2D eigenvalue weighted by Crippen LogP contribution is 2.14. The maximum Gasteiger partial charge on any atom is 0.406 e. The fraction of sp³-hybridized carbons (Fsp3) is 0.375. The topological polar surface area (TPSA) is 58.6 Å². The van der Waals surface area contributed by atoms with Crippen LogP contribution in [0.1, 0.15) is 11.7 Å². The lowest BCUT2D eigenvalue weighted by molar-refractivity contribution is 0.147. The van der Waals surface area contributed by atoms with Crippen LogP contribution in [0.25, 0.3) is 0 Å². The Balaban J connectivity index is 2.34. The molecule has 1 aromatic heterocycles. The largest absolute Gasteiger partial charge is 0.453 e. The number of ether oxygens (including phenoxy) is 1. The van der Waals surface area contributed by atoms with Crippen LogP contribution in [-0.2, 0) is 4.74 Å². The average Bonchev–Trinajstić information content (AvgIpc) is 2.66. The van der Waals surface area contributed by atoms with E-state index in [1.807, 2.05) is 16.8 Å². The molecule has 5 heteroatoms. The van der Waals surface area contributed by atoms with Crippen LogP contribution in [0, 0.1) is 0 Å². The van der Waals surface area contributed by atoms with Gasteiger partial charge in [-0.1, -0.05) is 0 Å². The molecular weight excluding hydrogens is 190 g/mol. The van der Waals surface area contributed by atoms with Gasteiger partial charge in [0, 0.05) is 0 Å². The summed E-state index contributed by atoms with van der Waals surface area (Å²) < 4.78 is 4.36. The number of thiophene rings is 1. The Labute approximate surface area is 80.2 Å². The first-order chi connectivity index (χ1) is 6.24. The van der Waals surface area contributed by atoms with Gasteiger partial charge in [-0.2, -0.15) is 11.3 Å². The second-order valence-corrected chi connectivity index (χ2v) is 3.22. The van der Waals surface area contributed by atoms with Crippen molar-refractivity contribution in [1.82, 2.24) is 5.32 Å². The van der Waals surface area contributed by atoms with E-state index in [1.54, 1.807) is 0 Å². The molecule has 72 valence electrons. The normalized spacial score (nSPS) is 12.2. The predicted octanol–water partition coefficient (Wildman–Crippen LogP) is 1.14. The van der Waals surface area contributed by atoms with Gasteiger partial charge in [0.2, 0.25) is 0 Å². The first-order valence-corrected chi connectivity index (χ1v) is 4.70. The summed E-state index contributed by atoms with van der Waals surface area (Å²) in [5.41, 5.74) is 0.807. The molecule has 0 aliphatic rings. The van der Waals surface area contributed by atoms with Crippen LogP contribution >= 0.6 is 11.3 Å². The van der Waals surface area contributed by atoms with Gasteiger partial charge in [-0.25, -0.2) is 4.79 Å². The Morgan fingerprint density at radius 3 is 3.15 bits per heavy atom. The first-order valence-electron chi connectivity index (χ1n) is 3.76. The minimum atomic E-state index is -0.662. The molecule has 0 bridgehead atoms. The maximum atomic E-state index is 10.6. The van der Waals surface area contributed by atoms with Crippen molar-refractivity contribution < 1.29 is 14.6 Å². The fourth-order valence-electron chi connectivity index (χ4n) is 0.835. The van der Waals surface area contributed by atoms with Gasteiger partial charge in [0.05, 0.1) is 19.8 Å². The van der Waals surface area contributed by atoms with Crippen molar-refractivity contribution >= 4 is 17.4 Å². The SMILES string of the molecule is COC(=O)NCC(O)c1ccsc1. The van der Waals surface area contributed by atoms with Crippen molar-refractivity contribution in [3.05, 3.63) is 22.4 Å². The summed E-state index contributed by atoms with van der Waals surface area (Å²) in [6.07, 6.45) is -1.19. The monoisotopic (exact) mass is 201 g/mol. The van der Waals surface area contributed by atoms with Gasteiger partial charge in [0.15, 0.2) is 0 Å². The molecule has 13 heavy (non-hydrogen) atoms. The van der Waals surface area contributed by atoms with Crippen LogP contribution in [0.5, 0.6) is 0 Å². The third-order valence-corrected chi connectivity index (χ3v) is 2.25. The van der Waals surface area contributed by atoms with E-state index in [2.05, 4.69) is 10.1 Å². The quantitative estimate of drug-likeness (QED) is 0.771. The number of methoxy groups -OCH3 is 1. The lowest BCUT2D eigenvalue weighted by atomic mass is 10.2. The van der Waals surface area contributed by atoms with E-state index in [0.29, 0.717) is 0 Å². The molecule has 1 unspecified atom stereocenters. The van der Waals surface area contributed by atoms with E-state index in [1.165, 1.54) is 18.4 Å². The van der Waals surface area contributed by atoms with Crippen molar-refractivity contribution in [2.75, 3.05) is 13.7 Å². The van der Waals surface area contributed by atoms with Crippen LogP contribution in [0.2, 0.25) is 0 Å². The molecule has 1 rings (SSSR count). The average molecular weight is 201 g/mol. The highest BCUT2D eigenvalue weighted by molar-refractivity contribution is 7.07. The Morgan fingerprint density at radius 2 is 2.62 bits per heavy atom. The third-order valence-electron chi connectivity index (χ3n) is 1.55. The summed E-state index contributed by atoms with van der Waals surface area (Å²) in [7, 11) is 1.28. The van der Waals surface area contributed by atoms with Gasteiger partial charge < -0.3 is 15.2 Å². The molecule has 0 radical (unpaired) electrons. The summed E-state index contributed by atoms with van der Waals surface area (Å²) in [5, 5.41) is 15.6. The summed E-state index contributed by atoms with van der Waals surface area (Å²) in [4.78, 5) is 10.6. The number of carbonyl (C=O) groups is 1. The van der Waals surface area contributed by atoms with E-state index in [-0.39, 0.29) is 6.54 Å². The van der Waals surface area contributed by atoms with E-state index in [4.69, 9.17) is 0 Å². The zero-order valence-corrected chi connectivity index (χ0v) is 8.00. The molecule has 0 aromatic carbocycles. The first kappa shape index (κ1) is 10.0. The molecule has 0 fully saturated rings. The van der Waals surface area contributed by atoms with Gasteiger partial charge in [0.1, 0.15) is 0 Å². The Morgan fingerprint density at radius 1 is 1.85 bits per heavy atom. The van der Waals surface area contributed by atoms with E-state index in [0.717, 1.165) is 5.56 Å². The third kappa shape index (κ3) is 3.04. The molecule has 1 heterocycles. The standard InChI is InChI=1S/C8H11NO3S/c1-12-8(11)9-4-7(10)6-2-3-13-5-6/h2-3,5,7,10H,4H2,1H3,(H,9,11). The highest BCUT2D eigenvalue weighted by atomic mass is 32.1. The number of nitrogens with one attached hydrogen (secondary N) is 1. The van der Waals surface area contributed by atoms with Crippen LogP contribution in [0.15, 0.2) is 16.8 Å². The number of alkyl carbamates (subject to hydrolysis) is 1. The summed E-state index contributed by atoms with van der Waals surface area (Å²) >= 11 is 1.50. The number of aliphatic hydroxyl groups excluding tert-OH is 1. The van der Waals surface area contributed by atoms with Gasteiger partial charge in [0.25, 0.3) is 0 Å². The van der Waals surface area contributed by atoms with Crippen molar-refractivity contribution in [2.45, 2.75) is 6.10 Å². The highest BCUT2D eigenvalue weighted by Gasteiger charge is 2.08. The molecule has 1 atom stereocenters. The zero-order valence-electron chi connectivity index (χ0n) is 7.19. The van der Waals surface area contributed by atoms with Crippen LogP contribution in [-0.4, -0.2) is 24.9 Å². The molecular formula is C8H11NO3S. The van der Waals surface area contributed by atoms with Gasteiger partial charge in [-0.15, -0.1) is 0 Å². The zero-order chi connectivity index (χ0) is 9.68. The van der Waals surface area contributed by atoms with Gasteiger partial charge in [-0.3, -0.25) is 0 Å². The molecule has 1 amide bonds. The smallest absolute Gasteiger partial charge is 0.406 e. The molecule has 0 aliphatic carbocycles. The van der Waals surface area contributed by atoms with Crippen LogP contribution in [0.3, 0.4) is 0 Å². The van der Waals surface area contributed by atoms with E-state index >= 15 is 0 Å². The second-order valence-electron chi connectivity index (χ2n) is 2.44. The van der Waals surface area contributed by atoms with Crippen molar-refractivity contribution in [2.24, 2.45) is 0 Å². The number of amides is 1. The summed E-state index contributed by atoms with van der Waals surface area (Å²) in [6.45, 7) is 0.170. The molecule has 0 aliphatic heterocycles. The Hall–Kier alpha value is -1.07. The van der Waals surface area contributed by atoms with Crippen molar-refractivity contribution in [1.29, 1.82) is 0 Å². The Bertz CT molecular complexity index is 260. The molecule has 0 spiro atoms. The van der Waals surface area contributed by atoms with Crippen molar-refractivity contribution in [3.63, 3.8) is 0 Å². The lowest BCUT2D eigenvalue weighted by Gasteiger charge is -2.08. The number of carbonyl (C=O) groups excluding carboxylic acids is 1. The molecule has 1 aromatic rings. The van der Waals surface area contributed by atoms with E-state index < -0.39 is 12.2 Å². The molecule has 0 saturated carbocycles. The maximum absolute atomic E-state index is 10.6. The lowest BCUT2D eigenvalue weighted by Crippen LogP contribution is -2.27. The van der Waals surface area contributed by atoms with Gasteiger partial charge in [-0.05, 0) is 22.4 Å².